The normalized spacial score (nSPS) is 11.7. The lowest BCUT2D eigenvalue weighted by atomic mass is 10.1. The van der Waals surface area contributed by atoms with Crippen LogP contribution in [0.15, 0.2) is 12.1 Å². The van der Waals surface area contributed by atoms with Crippen LogP contribution in [0.3, 0.4) is 0 Å². The van der Waals surface area contributed by atoms with E-state index in [0.29, 0.717) is 0 Å². The highest BCUT2D eigenvalue weighted by atomic mass is 19.4. The predicted molar refractivity (Wildman–Crippen MR) is 60.9 cm³/mol. The molecule has 0 bridgehead atoms. The molecule has 0 atom stereocenters. The minimum absolute atomic E-state index is 0.0697. The van der Waals surface area contributed by atoms with Crippen LogP contribution in [0.25, 0.3) is 0 Å². The molecular formula is C11H14F4N2O. The number of nitrogens with two attached hydrogens (primary N) is 1. The van der Waals surface area contributed by atoms with Crippen LogP contribution in [-0.4, -0.2) is 31.0 Å². The van der Waals surface area contributed by atoms with Crippen molar-refractivity contribution < 1.29 is 22.7 Å². The van der Waals surface area contributed by atoms with Gasteiger partial charge in [-0.15, -0.1) is 0 Å². The lowest BCUT2D eigenvalue weighted by molar-refractivity contribution is -0.119. The summed E-state index contributed by atoms with van der Waals surface area (Å²) in [7, 11) is 0. The van der Waals surface area contributed by atoms with Gasteiger partial charge in [-0.25, -0.2) is 4.39 Å². The highest BCUT2D eigenvalue weighted by molar-refractivity contribution is 5.68. The first-order valence-corrected chi connectivity index (χ1v) is 5.23. The van der Waals surface area contributed by atoms with E-state index < -0.39 is 25.1 Å². The van der Waals surface area contributed by atoms with Gasteiger partial charge in [0.25, 0.3) is 0 Å². The number of hydrogen-bond donors (Lipinski definition) is 2. The summed E-state index contributed by atoms with van der Waals surface area (Å²) in [6, 6.07) is 2.22. The van der Waals surface area contributed by atoms with Gasteiger partial charge in [-0.2, -0.15) is 13.2 Å². The molecule has 102 valence electrons. The number of anilines is 2. The van der Waals surface area contributed by atoms with Crippen molar-refractivity contribution in [2.75, 3.05) is 30.3 Å². The minimum atomic E-state index is -4.43. The Morgan fingerprint density at radius 1 is 1.33 bits per heavy atom. The Hall–Kier alpha value is -1.50. The van der Waals surface area contributed by atoms with Crippen LogP contribution in [0.4, 0.5) is 28.9 Å². The van der Waals surface area contributed by atoms with Crippen LogP contribution < -0.4 is 10.6 Å². The van der Waals surface area contributed by atoms with E-state index in [4.69, 9.17) is 10.8 Å². The summed E-state index contributed by atoms with van der Waals surface area (Å²) in [5, 5.41) is 8.79. The second kappa shape index (κ2) is 5.43. The molecule has 0 saturated carbocycles. The maximum Gasteiger partial charge on any atom is 0.405 e. The molecule has 3 nitrogen and oxygen atoms in total. The van der Waals surface area contributed by atoms with E-state index in [-0.39, 0.29) is 23.5 Å². The fourth-order valence-electron chi connectivity index (χ4n) is 1.58. The van der Waals surface area contributed by atoms with Crippen molar-refractivity contribution in [3.05, 3.63) is 23.5 Å². The van der Waals surface area contributed by atoms with Gasteiger partial charge < -0.3 is 15.7 Å². The lowest BCUT2D eigenvalue weighted by Gasteiger charge is -2.26. The Labute approximate surface area is 102 Å². The van der Waals surface area contributed by atoms with Gasteiger partial charge in [-0.1, -0.05) is 0 Å². The van der Waals surface area contributed by atoms with Gasteiger partial charge in [0.15, 0.2) is 0 Å². The Bertz CT molecular complexity index is 420. The molecule has 3 N–H and O–H groups in total. The average Bonchev–Trinajstić information content (AvgIpc) is 2.21. The molecule has 0 aliphatic carbocycles. The fraction of sp³-hybridized carbons (Fsp3) is 0.455. The van der Waals surface area contributed by atoms with Crippen molar-refractivity contribution in [2.45, 2.75) is 13.1 Å². The molecule has 1 rings (SSSR count). The number of alkyl halides is 3. The number of aryl methyl sites for hydroxylation is 1. The highest BCUT2D eigenvalue weighted by Crippen LogP contribution is 2.29. The molecule has 0 aliphatic heterocycles. The van der Waals surface area contributed by atoms with E-state index in [1.807, 2.05) is 0 Å². The monoisotopic (exact) mass is 266 g/mol. The highest BCUT2D eigenvalue weighted by Gasteiger charge is 2.31. The van der Waals surface area contributed by atoms with Gasteiger partial charge in [0, 0.05) is 6.54 Å². The van der Waals surface area contributed by atoms with Crippen molar-refractivity contribution in [1.29, 1.82) is 0 Å². The summed E-state index contributed by atoms with van der Waals surface area (Å²) >= 11 is 0. The maximum atomic E-state index is 13.2. The zero-order valence-electron chi connectivity index (χ0n) is 9.76. The first kappa shape index (κ1) is 14.6. The molecule has 18 heavy (non-hydrogen) atoms. The van der Waals surface area contributed by atoms with Crippen LogP contribution in [-0.2, 0) is 0 Å². The minimum Gasteiger partial charge on any atom is -0.397 e. The van der Waals surface area contributed by atoms with Crippen LogP contribution in [0.5, 0.6) is 0 Å². The van der Waals surface area contributed by atoms with E-state index in [9.17, 15) is 17.6 Å². The lowest BCUT2D eigenvalue weighted by Crippen LogP contribution is -2.36. The molecule has 1 aromatic rings. The predicted octanol–water partition coefficient (Wildman–Crippen LogP) is 2.08. The summed E-state index contributed by atoms with van der Waals surface area (Å²) in [5.74, 6) is -0.577. The molecule has 1 aromatic carbocycles. The largest absolute Gasteiger partial charge is 0.405 e. The van der Waals surface area contributed by atoms with Gasteiger partial charge in [-0.3, -0.25) is 0 Å². The first-order chi connectivity index (χ1) is 8.24. The number of nitrogen functional groups attached to an aromatic ring is 1. The summed E-state index contributed by atoms with van der Waals surface area (Å²) in [4.78, 5) is 0.877. The van der Waals surface area contributed by atoms with Gasteiger partial charge in [0.2, 0.25) is 0 Å². The van der Waals surface area contributed by atoms with Crippen LogP contribution in [0.2, 0.25) is 0 Å². The molecular weight excluding hydrogens is 252 g/mol. The number of nitrogens with zero attached hydrogens (tertiary/aromatic N) is 1. The van der Waals surface area contributed by atoms with E-state index in [1.165, 1.54) is 13.0 Å². The van der Waals surface area contributed by atoms with E-state index in [1.54, 1.807) is 0 Å². The molecule has 0 fully saturated rings. The first-order valence-electron chi connectivity index (χ1n) is 5.23. The van der Waals surface area contributed by atoms with Gasteiger partial charge in [0.05, 0.1) is 18.0 Å². The van der Waals surface area contributed by atoms with Crippen LogP contribution >= 0.6 is 0 Å². The topological polar surface area (TPSA) is 49.5 Å². The Morgan fingerprint density at radius 2 is 1.94 bits per heavy atom. The molecule has 0 saturated heterocycles. The zero-order chi connectivity index (χ0) is 13.9. The van der Waals surface area contributed by atoms with Crippen molar-refractivity contribution >= 4 is 11.4 Å². The fourth-order valence-corrected chi connectivity index (χ4v) is 1.58. The number of aliphatic hydroxyl groups is 1. The molecule has 0 amide bonds. The van der Waals surface area contributed by atoms with Crippen molar-refractivity contribution in [3.63, 3.8) is 0 Å². The number of aliphatic hydroxyl groups excluding tert-OH is 1. The molecule has 0 radical (unpaired) electrons. The number of rotatable bonds is 4. The summed E-state index contributed by atoms with van der Waals surface area (Å²) in [6.07, 6.45) is -4.43. The molecule has 0 unspecified atom stereocenters. The Kier molecular flexibility index (Phi) is 4.39. The number of halogens is 4. The number of benzene rings is 1. The van der Waals surface area contributed by atoms with Crippen molar-refractivity contribution in [3.8, 4) is 0 Å². The molecule has 0 aliphatic rings. The van der Waals surface area contributed by atoms with Gasteiger partial charge in [0.1, 0.15) is 12.4 Å². The third kappa shape index (κ3) is 3.76. The molecule has 0 spiro atoms. The second-order valence-corrected chi connectivity index (χ2v) is 3.92. The van der Waals surface area contributed by atoms with Crippen LogP contribution in [0.1, 0.15) is 5.56 Å². The summed E-state index contributed by atoms with van der Waals surface area (Å²) < 4.78 is 50.3. The molecule has 0 heterocycles. The number of hydrogen-bond acceptors (Lipinski definition) is 3. The summed E-state index contributed by atoms with van der Waals surface area (Å²) in [5.41, 5.74) is 5.69. The van der Waals surface area contributed by atoms with E-state index in [2.05, 4.69) is 0 Å². The van der Waals surface area contributed by atoms with Crippen molar-refractivity contribution in [1.82, 2.24) is 0 Å². The standard InChI is InChI=1S/C11H14F4N2O/c1-7-4-10(9(16)5-8(7)12)17(2-3-18)6-11(13,14)15/h4-5,18H,2-3,6,16H2,1H3. The molecule has 0 aromatic heterocycles. The van der Waals surface area contributed by atoms with Crippen LogP contribution in [0, 0.1) is 12.7 Å². The Balaban J connectivity index is 3.09. The SMILES string of the molecule is Cc1cc(N(CCO)CC(F)(F)F)c(N)cc1F. The average molecular weight is 266 g/mol. The second-order valence-electron chi connectivity index (χ2n) is 3.92. The van der Waals surface area contributed by atoms with Crippen molar-refractivity contribution in [2.24, 2.45) is 0 Å². The smallest absolute Gasteiger partial charge is 0.397 e. The third-order valence-corrected chi connectivity index (χ3v) is 2.39. The maximum absolute atomic E-state index is 13.2. The summed E-state index contributed by atoms with van der Waals surface area (Å²) in [6.45, 7) is -0.494. The quantitative estimate of drug-likeness (QED) is 0.648. The third-order valence-electron chi connectivity index (χ3n) is 2.39. The van der Waals surface area contributed by atoms with Gasteiger partial charge >= 0.3 is 6.18 Å². The van der Waals surface area contributed by atoms with E-state index >= 15 is 0 Å². The zero-order valence-corrected chi connectivity index (χ0v) is 9.76. The van der Waals surface area contributed by atoms with E-state index in [0.717, 1.165) is 11.0 Å². The molecule has 7 heteroatoms. The van der Waals surface area contributed by atoms with Gasteiger partial charge in [-0.05, 0) is 24.6 Å². The Morgan fingerprint density at radius 3 is 2.44 bits per heavy atom.